The zero-order chi connectivity index (χ0) is 15.3. The Bertz CT molecular complexity index is 474. The highest BCUT2D eigenvalue weighted by molar-refractivity contribution is 5.91. The van der Waals surface area contributed by atoms with E-state index in [1.807, 2.05) is 10.7 Å². The summed E-state index contributed by atoms with van der Waals surface area (Å²) in [5.41, 5.74) is -0.0808. The molecule has 1 fully saturated rings. The summed E-state index contributed by atoms with van der Waals surface area (Å²) in [6.07, 6.45) is 4.73. The molecule has 2 rings (SSSR count). The Morgan fingerprint density at radius 3 is 3.10 bits per heavy atom. The quantitative estimate of drug-likeness (QED) is 0.830. The molecule has 2 heterocycles. The lowest BCUT2D eigenvalue weighted by molar-refractivity contribution is -0.118. The van der Waals surface area contributed by atoms with Crippen molar-refractivity contribution in [3.05, 3.63) is 12.3 Å². The minimum absolute atomic E-state index is 0.0185. The van der Waals surface area contributed by atoms with Crippen LogP contribution in [0.25, 0.3) is 0 Å². The van der Waals surface area contributed by atoms with E-state index in [1.54, 1.807) is 6.20 Å². The van der Waals surface area contributed by atoms with Crippen molar-refractivity contribution in [2.24, 2.45) is 5.41 Å². The van der Waals surface area contributed by atoms with Gasteiger partial charge in [0.05, 0.1) is 12.7 Å². The van der Waals surface area contributed by atoms with Crippen LogP contribution in [0.15, 0.2) is 12.3 Å². The van der Waals surface area contributed by atoms with Gasteiger partial charge in [0.15, 0.2) is 0 Å². The van der Waals surface area contributed by atoms with E-state index >= 15 is 0 Å². The Morgan fingerprint density at radius 1 is 1.57 bits per heavy atom. The first-order valence-electron chi connectivity index (χ1n) is 7.71. The van der Waals surface area contributed by atoms with E-state index in [0.717, 1.165) is 44.7 Å². The number of aliphatic hydroxyl groups excluding tert-OH is 1. The molecule has 1 saturated heterocycles. The number of carbonyl (C=O) groups is 1. The van der Waals surface area contributed by atoms with Crippen molar-refractivity contribution in [2.75, 3.05) is 31.6 Å². The summed E-state index contributed by atoms with van der Waals surface area (Å²) >= 11 is 0. The van der Waals surface area contributed by atoms with Crippen molar-refractivity contribution < 1.29 is 9.90 Å². The third kappa shape index (κ3) is 4.28. The number of hydrogen-bond acceptors (Lipinski definition) is 4. The van der Waals surface area contributed by atoms with Crippen LogP contribution >= 0.6 is 0 Å². The number of nitrogens with one attached hydrogen (secondary N) is 1. The van der Waals surface area contributed by atoms with Crippen molar-refractivity contribution in [3.8, 4) is 0 Å². The first-order valence-corrected chi connectivity index (χ1v) is 7.71. The number of aryl methyl sites for hydroxylation is 1. The topological polar surface area (TPSA) is 70.4 Å². The third-order valence-electron chi connectivity index (χ3n) is 4.03. The Hall–Kier alpha value is -1.40. The number of amides is 1. The standard InChI is InChI=1S/C15H26N4O2/c1-3-8-19-13(5-7-16-19)17-14(21)10-18-9-4-6-15(2,11-18)12-20/h5,7,20H,3-4,6,8-12H2,1-2H3,(H,17,21). The number of nitrogens with zero attached hydrogens (tertiary/aromatic N) is 3. The second-order valence-corrected chi connectivity index (χ2v) is 6.27. The number of piperidine rings is 1. The maximum Gasteiger partial charge on any atom is 0.239 e. The number of hydrogen-bond donors (Lipinski definition) is 2. The molecule has 1 aliphatic heterocycles. The number of aliphatic hydroxyl groups is 1. The first kappa shape index (κ1) is 16.0. The van der Waals surface area contributed by atoms with Crippen molar-refractivity contribution in [1.29, 1.82) is 0 Å². The summed E-state index contributed by atoms with van der Waals surface area (Å²) in [5, 5.41) is 16.6. The van der Waals surface area contributed by atoms with Gasteiger partial charge in [0.2, 0.25) is 5.91 Å². The van der Waals surface area contributed by atoms with Crippen LogP contribution in [0.1, 0.15) is 33.1 Å². The van der Waals surface area contributed by atoms with E-state index in [2.05, 4.69) is 29.2 Å². The van der Waals surface area contributed by atoms with Crippen LogP contribution in [0.2, 0.25) is 0 Å². The minimum atomic E-state index is -0.0808. The largest absolute Gasteiger partial charge is 0.396 e. The molecule has 0 spiro atoms. The maximum absolute atomic E-state index is 12.2. The van der Waals surface area contributed by atoms with Crippen LogP contribution in [0, 0.1) is 5.41 Å². The molecule has 0 saturated carbocycles. The summed E-state index contributed by atoms with van der Waals surface area (Å²) in [6, 6.07) is 1.82. The number of carbonyl (C=O) groups excluding carboxylic acids is 1. The smallest absolute Gasteiger partial charge is 0.239 e. The Labute approximate surface area is 126 Å². The van der Waals surface area contributed by atoms with Gasteiger partial charge in [0.25, 0.3) is 0 Å². The second kappa shape index (κ2) is 7.04. The molecule has 6 nitrogen and oxygen atoms in total. The molecule has 1 unspecified atom stereocenters. The first-order chi connectivity index (χ1) is 10.1. The fraction of sp³-hybridized carbons (Fsp3) is 0.733. The lowest BCUT2D eigenvalue weighted by Gasteiger charge is -2.38. The van der Waals surface area contributed by atoms with Crippen molar-refractivity contribution in [2.45, 2.75) is 39.7 Å². The van der Waals surface area contributed by atoms with Gasteiger partial charge >= 0.3 is 0 Å². The van der Waals surface area contributed by atoms with Crippen LogP contribution in [-0.2, 0) is 11.3 Å². The van der Waals surface area contributed by atoms with Gasteiger partial charge in [-0.2, -0.15) is 5.10 Å². The normalized spacial score (nSPS) is 23.2. The molecular formula is C15H26N4O2. The fourth-order valence-corrected chi connectivity index (χ4v) is 2.91. The zero-order valence-electron chi connectivity index (χ0n) is 13.0. The van der Waals surface area contributed by atoms with Gasteiger partial charge < -0.3 is 10.4 Å². The molecule has 2 N–H and O–H groups in total. The van der Waals surface area contributed by atoms with Gasteiger partial charge in [-0.25, -0.2) is 4.68 Å². The maximum atomic E-state index is 12.2. The summed E-state index contributed by atoms with van der Waals surface area (Å²) in [7, 11) is 0. The average molecular weight is 294 g/mol. The second-order valence-electron chi connectivity index (χ2n) is 6.27. The van der Waals surface area contributed by atoms with E-state index < -0.39 is 0 Å². The zero-order valence-corrected chi connectivity index (χ0v) is 13.0. The predicted molar refractivity (Wildman–Crippen MR) is 82.0 cm³/mol. The van der Waals surface area contributed by atoms with Crippen LogP contribution in [0.3, 0.4) is 0 Å². The molecule has 0 radical (unpaired) electrons. The Morgan fingerprint density at radius 2 is 2.38 bits per heavy atom. The lowest BCUT2D eigenvalue weighted by Crippen LogP contribution is -2.46. The van der Waals surface area contributed by atoms with Crippen LogP contribution in [0.5, 0.6) is 0 Å². The molecule has 1 aromatic rings. The molecule has 118 valence electrons. The number of anilines is 1. The van der Waals surface area contributed by atoms with Crippen molar-refractivity contribution >= 4 is 11.7 Å². The van der Waals surface area contributed by atoms with Gasteiger partial charge in [-0.3, -0.25) is 9.69 Å². The molecular weight excluding hydrogens is 268 g/mol. The van der Waals surface area contributed by atoms with Crippen LogP contribution in [0.4, 0.5) is 5.82 Å². The minimum Gasteiger partial charge on any atom is -0.396 e. The van der Waals surface area contributed by atoms with Crippen molar-refractivity contribution in [1.82, 2.24) is 14.7 Å². The fourth-order valence-electron chi connectivity index (χ4n) is 2.91. The molecule has 1 aromatic heterocycles. The van der Waals surface area contributed by atoms with Crippen molar-refractivity contribution in [3.63, 3.8) is 0 Å². The Kier molecular flexibility index (Phi) is 5.36. The number of rotatable bonds is 6. The van der Waals surface area contributed by atoms with E-state index in [0.29, 0.717) is 6.54 Å². The van der Waals surface area contributed by atoms with E-state index in [1.165, 1.54) is 0 Å². The third-order valence-corrected chi connectivity index (χ3v) is 4.03. The summed E-state index contributed by atoms with van der Waals surface area (Å²) in [6.45, 7) is 7.18. The van der Waals surface area contributed by atoms with Gasteiger partial charge in [0, 0.05) is 31.2 Å². The highest BCUT2D eigenvalue weighted by Gasteiger charge is 2.31. The molecule has 6 heteroatoms. The molecule has 21 heavy (non-hydrogen) atoms. The highest BCUT2D eigenvalue weighted by Crippen LogP contribution is 2.28. The van der Waals surface area contributed by atoms with Gasteiger partial charge in [-0.1, -0.05) is 13.8 Å². The van der Waals surface area contributed by atoms with Crippen LogP contribution in [-0.4, -0.2) is 51.9 Å². The number of aromatic nitrogens is 2. The van der Waals surface area contributed by atoms with Gasteiger partial charge in [0.1, 0.15) is 5.82 Å². The molecule has 0 bridgehead atoms. The molecule has 1 amide bonds. The molecule has 1 atom stereocenters. The summed E-state index contributed by atoms with van der Waals surface area (Å²) in [5.74, 6) is 0.735. The van der Waals surface area contributed by atoms with Gasteiger partial charge in [-0.15, -0.1) is 0 Å². The molecule has 0 aliphatic carbocycles. The highest BCUT2D eigenvalue weighted by atomic mass is 16.3. The predicted octanol–water partition coefficient (Wildman–Crippen LogP) is 1.33. The van der Waals surface area contributed by atoms with Crippen LogP contribution < -0.4 is 5.32 Å². The van der Waals surface area contributed by atoms with E-state index in [-0.39, 0.29) is 17.9 Å². The SMILES string of the molecule is CCCn1nccc1NC(=O)CN1CCCC(C)(CO)C1. The summed E-state index contributed by atoms with van der Waals surface area (Å²) < 4.78 is 1.81. The molecule has 0 aromatic carbocycles. The van der Waals surface area contributed by atoms with E-state index in [9.17, 15) is 9.90 Å². The monoisotopic (exact) mass is 294 g/mol. The number of likely N-dealkylation sites (tertiary alicyclic amines) is 1. The van der Waals surface area contributed by atoms with E-state index in [4.69, 9.17) is 0 Å². The summed E-state index contributed by atoms with van der Waals surface area (Å²) in [4.78, 5) is 14.3. The Balaban J connectivity index is 1.88. The van der Waals surface area contributed by atoms with Gasteiger partial charge in [-0.05, 0) is 25.8 Å². The molecule has 1 aliphatic rings. The average Bonchev–Trinajstić information content (AvgIpc) is 2.86. The lowest BCUT2D eigenvalue weighted by atomic mass is 9.83.